The summed E-state index contributed by atoms with van der Waals surface area (Å²) in [5.41, 5.74) is 1.80. The molecule has 1 rings (SSSR count). The molecule has 1 atom stereocenters. The number of urea groups is 1. The summed E-state index contributed by atoms with van der Waals surface area (Å²) < 4.78 is 0. The Hall–Kier alpha value is -2.04. The molecule has 5 nitrogen and oxygen atoms in total. The van der Waals surface area contributed by atoms with Gasteiger partial charge in [0.2, 0.25) is 0 Å². The van der Waals surface area contributed by atoms with Gasteiger partial charge < -0.3 is 15.7 Å². The Kier molecular flexibility index (Phi) is 5.85. The van der Waals surface area contributed by atoms with Crippen LogP contribution in [-0.4, -0.2) is 23.7 Å². The first-order valence-electron chi connectivity index (χ1n) is 6.44. The molecule has 0 aliphatic rings. The number of hydrogen-bond donors (Lipinski definition) is 3. The summed E-state index contributed by atoms with van der Waals surface area (Å²) in [5.74, 6) is -1.44. The molecule has 0 fully saturated rings. The van der Waals surface area contributed by atoms with E-state index < -0.39 is 11.9 Å². The summed E-state index contributed by atoms with van der Waals surface area (Å²) in [7, 11) is 0. The highest BCUT2D eigenvalue weighted by molar-refractivity contribution is 5.90. The Bertz CT molecular complexity index is 446. The number of aryl methyl sites for hydroxylation is 1. The Labute approximate surface area is 113 Å². The molecule has 0 aliphatic heterocycles. The predicted octanol–water partition coefficient (Wildman–Crippen LogP) is 2.48. The minimum absolute atomic E-state index is 0.131. The van der Waals surface area contributed by atoms with E-state index in [0.717, 1.165) is 17.7 Å². The summed E-state index contributed by atoms with van der Waals surface area (Å²) in [5, 5.41) is 14.2. The topological polar surface area (TPSA) is 78.4 Å². The van der Waals surface area contributed by atoms with Gasteiger partial charge in [0.15, 0.2) is 0 Å². The number of carboxylic acids is 1. The highest BCUT2D eigenvalue weighted by Gasteiger charge is 2.16. The number of aliphatic carboxylic acids is 1. The van der Waals surface area contributed by atoms with Gasteiger partial charge in [-0.2, -0.15) is 0 Å². The zero-order chi connectivity index (χ0) is 14.3. The maximum Gasteiger partial charge on any atom is 0.319 e. The number of hydrogen-bond acceptors (Lipinski definition) is 2. The molecule has 0 radical (unpaired) electrons. The SMILES string of the molecule is CCc1ccccc1NC(=O)NCC(CC)C(=O)O. The Morgan fingerprint density at radius 2 is 1.95 bits per heavy atom. The van der Waals surface area contributed by atoms with Crippen LogP contribution < -0.4 is 10.6 Å². The van der Waals surface area contributed by atoms with Crippen LogP contribution in [0, 0.1) is 5.92 Å². The minimum atomic E-state index is -0.892. The van der Waals surface area contributed by atoms with E-state index in [0.29, 0.717) is 6.42 Å². The minimum Gasteiger partial charge on any atom is -0.481 e. The van der Waals surface area contributed by atoms with Crippen molar-refractivity contribution < 1.29 is 14.7 Å². The summed E-state index contributed by atoms with van der Waals surface area (Å²) in [6.45, 7) is 3.92. The predicted molar refractivity (Wildman–Crippen MR) is 74.3 cm³/mol. The first kappa shape index (κ1) is 15.0. The lowest BCUT2D eigenvalue weighted by molar-refractivity contribution is -0.141. The van der Waals surface area contributed by atoms with Crippen molar-refractivity contribution in [2.75, 3.05) is 11.9 Å². The molecule has 3 N–H and O–H groups in total. The molecule has 2 amide bonds. The van der Waals surface area contributed by atoms with Crippen molar-refractivity contribution in [2.24, 2.45) is 5.92 Å². The summed E-state index contributed by atoms with van der Waals surface area (Å²) in [6.07, 6.45) is 1.31. The van der Waals surface area contributed by atoms with Gasteiger partial charge in [-0.15, -0.1) is 0 Å². The molecular weight excluding hydrogens is 244 g/mol. The Morgan fingerprint density at radius 3 is 2.53 bits per heavy atom. The molecule has 1 unspecified atom stereocenters. The van der Waals surface area contributed by atoms with Gasteiger partial charge in [-0.05, 0) is 24.5 Å². The number of carbonyl (C=O) groups excluding carboxylic acids is 1. The fourth-order valence-corrected chi connectivity index (χ4v) is 1.74. The number of benzene rings is 1. The number of carbonyl (C=O) groups is 2. The second-order valence-electron chi connectivity index (χ2n) is 4.29. The monoisotopic (exact) mass is 264 g/mol. The number of nitrogens with one attached hydrogen (secondary N) is 2. The van der Waals surface area contributed by atoms with Crippen LogP contribution in [0.2, 0.25) is 0 Å². The van der Waals surface area contributed by atoms with Crippen molar-refractivity contribution in [1.82, 2.24) is 5.32 Å². The van der Waals surface area contributed by atoms with Crippen LogP contribution in [0.15, 0.2) is 24.3 Å². The van der Waals surface area contributed by atoms with Gasteiger partial charge in [-0.25, -0.2) is 4.79 Å². The largest absolute Gasteiger partial charge is 0.481 e. The molecule has 5 heteroatoms. The third-order valence-electron chi connectivity index (χ3n) is 3.00. The van der Waals surface area contributed by atoms with Gasteiger partial charge in [-0.1, -0.05) is 32.0 Å². The lowest BCUT2D eigenvalue weighted by atomic mass is 10.1. The van der Waals surface area contributed by atoms with Gasteiger partial charge in [0.25, 0.3) is 0 Å². The second-order valence-corrected chi connectivity index (χ2v) is 4.29. The van der Waals surface area contributed by atoms with E-state index in [1.165, 1.54) is 0 Å². The summed E-state index contributed by atoms with van der Waals surface area (Å²) in [6, 6.07) is 7.16. The first-order valence-corrected chi connectivity index (χ1v) is 6.44. The molecule has 0 bridgehead atoms. The molecular formula is C14H20N2O3. The van der Waals surface area contributed by atoms with Crippen molar-refractivity contribution in [3.05, 3.63) is 29.8 Å². The molecule has 1 aromatic carbocycles. The van der Waals surface area contributed by atoms with E-state index in [9.17, 15) is 9.59 Å². The molecule has 19 heavy (non-hydrogen) atoms. The average molecular weight is 264 g/mol. The van der Waals surface area contributed by atoms with Gasteiger partial charge in [0.1, 0.15) is 0 Å². The third-order valence-corrected chi connectivity index (χ3v) is 3.00. The summed E-state index contributed by atoms with van der Waals surface area (Å²) >= 11 is 0. The number of anilines is 1. The molecule has 104 valence electrons. The van der Waals surface area contributed by atoms with E-state index in [2.05, 4.69) is 10.6 Å². The van der Waals surface area contributed by atoms with E-state index in [4.69, 9.17) is 5.11 Å². The van der Waals surface area contributed by atoms with Crippen molar-refractivity contribution in [3.63, 3.8) is 0 Å². The number of rotatable bonds is 6. The van der Waals surface area contributed by atoms with Crippen LogP contribution in [-0.2, 0) is 11.2 Å². The van der Waals surface area contributed by atoms with Crippen molar-refractivity contribution in [2.45, 2.75) is 26.7 Å². The number of amides is 2. The maximum atomic E-state index is 11.7. The van der Waals surface area contributed by atoms with Gasteiger partial charge in [0, 0.05) is 12.2 Å². The van der Waals surface area contributed by atoms with Gasteiger partial charge in [0.05, 0.1) is 5.92 Å². The van der Waals surface area contributed by atoms with Crippen LogP contribution in [0.25, 0.3) is 0 Å². The zero-order valence-electron chi connectivity index (χ0n) is 11.3. The first-order chi connectivity index (χ1) is 9.08. The van der Waals surface area contributed by atoms with Crippen LogP contribution in [0.5, 0.6) is 0 Å². The van der Waals surface area contributed by atoms with Crippen LogP contribution >= 0.6 is 0 Å². The van der Waals surface area contributed by atoms with Crippen LogP contribution in [0.4, 0.5) is 10.5 Å². The molecule has 0 heterocycles. The van der Waals surface area contributed by atoms with E-state index in [1.54, 1.807) is 6.92 Å². The third kappa shape index (κ3) is 4.62. The van der Waals surface area contributed by atoms with Crippen molar-refractivity contribution >= 4 is 17.7 Å². The highest BCUT2D eigenvalue weighted by Crippen LogP contribution is 2.15. The highest BCUT2D eigenvalue weighted by atomic mass is 16.4. The summed E-state index contributed by atoms with van der Waals surface area (Å²) in [4.78, 5) is 22.5. The lowest BCUT2D eigenvalue weighted by Crippen LogP contribution is -2.35. The van der Waals surface area contributed by atoms with Crippen molar-refractivity contribution in [3.8, 4) is 0 Å². The van der Waals surface area contributed by atoms with Gasteiger partial charge in [-0.3, -0.25) is 4.79 Å². The molecule has 1 aromatic rings. The van der Waals surface area contributed by atoms with E-state index >= 15 is 0 Å². The van der Waals surface area contributed by atoms with E-state index in [-0.39, 0.29) is 12.6 Å². The van der Waals surface area contributed by atoms with Gasteiger partial charge >= 0.3 is 12.0 Å². The fraction of sp³-hybridized carbons (Fsp3) is 0.429. The molecule has 0 spiro atoms. The fourth-order valence-electron chi connectivity index (χ4n) is 1.74. The molecule has 0 saturated heterocycles. The smallest absolute Gasteiger partial charge is 0.319 e. The van der Waals surface area contributed by atoms with Crippen LogP contribution in [0.3, 0.4) is 0 Å². The second kappa shape index (κ2) is 7.41. The van der Waals surface area contributed by atoms with Crippen LogP contribution in [0.1, 0.15) is 25.8 Å². The van der Waals surface area contributed by atoms with Crippen molar-refractivity contribution in [1.29, 1.82) is 0 Å². The zero-order valence-corrected chi connectivity index (χ0v) is 11.3. The Balaban J connectivity index is 2.53. The quantitative estimate of drug-likeness (QED) is 0.738. The normalized spacial score (nSPS) is 11.7. The molecule has 0 aromatic heterocycles. The number of carboxylic acid groups (broad SMARTS) is 1. The average Bonchev–Trinajstić information content (AvgIpc) is 2.39. The molecule has 0 aliphatic carbocycles. The standard InChI is InChI=1S/C14H20N2O3/c1-3-10-7-5-6-8-12(10)16-14(19)15-9-11(4-2)13(17)18/h5-8,11H,3-4,9H2,1-2H3,(H,17,18)(H2,15,16,19). The lowest BCUT2D eigenvalue weighted by Gasteiger charge is -2.13. The number of para-hydroxylation sites is 1. The molecule has 0 saturated carbocycles. The Morgan fingerprint density at radius 1 is 1.26 bits per heavy atom. The maximum absolute atomic E-state index is 11.7. The van der Waals surface area contributed by atoms with E-state index in [1.807, 2.05) is 31.2 Å².